The second-order valence-electron chi connectivity index (χ2n) is 6.64. The van der Waals surface area contributed by atoms with Crippen molar-refractivity contribution in [3.63, 3.8) is 0 Å². The van der Waals surface area contributed by atoms with Gasteiger partial charge in [-0.3, -0.25) is 0 Å². The minimum atomic E-state index is 0.821. The van der Waals surface area contributed by atoms with Gasteiger partial charge >= 0.3 is 0 Å². The number of hydrogen-bond acceptors (Lipinski definition) is 2. The van der Waals surface area contributed by atoms with Gasteiger partial charge in [0.05, 0.1) is 6.61 Å². The van der Waals surface area contributed by atoms with Crippen LogP contribution in [-0.2, 0) is 4.74 Å². The largest absolute Gasteiger partial charge is 0.383 e. The highest BCUT2D eigenvalue weighted by molar-refractivity contribution is 5.12. The molecule has 0 spiro atoms. The van der Waals surface area contributed by atoms with E-state index in [-0.39, 0.29) is 0 Å². The number of methoxy groups -OCH3 is 1. The Morgan fingerprint density at radius 2 is 1.65 bits per heavy atom. The van der Waals surface area contributed by atoms with Crippen molar-refractivity contribution >= 4 is 0 Å². The minimum absolute atomic E-state index is 0.821. The molecule has 2 fully saturated rings. The Labute approximate surface area is 125 Å². The summed E-state index contributed by atoms with van der Waals surface area (Å²) >= 11 is 0. The van der Waals surface area contributed by atoms with Gasteiger partial charge in [-0.2, -0.15) is 0 Å². The molecule has 0 saturated heterocycles. The molecule has 1 N–H and O–H groups in total. The lowest BCUT2D eigenvalue weighted by Crippen LogP contribution is -2.26. The van der Waals surface area contributed by atoms with Crippen LogP contribution in [0.4, 0.5) is 0 Å². The fourth-order valence-corrected chi connectivity index (χ4v) is 3.82. The van der Waals surface area contributed by atoms with Crippen LogP contribution in [0.25, 0.3) is 0 Å². The van der Waals surface area contributed by atoms with E-state index in [0.29, 0.717) is 0 Å². The van der Waals surface area contributed by atoms with Gasteiger partial charge in [0, 0.05) is 20.2 Å². The molecule has 0 heterocycles. The molecule has 0 bridgehead atoms. The van der Waals surface area contributed by atoms with E-state index in [1.807, 2.05) is 0 Å². The smallest absolute Gasteiger partial charge is 0.0587 e. The summed E-state index contributed by atoms with van der Waals surface area (Å²) in [7, 11) is 1.78. The van der Waals surface area contributed by atoms with Gasteiger partial charge in [0.15, 0.2) is 0 Å². The predicted molar refractivity (Wildman–Crippen MR) is 86.0 cm³/mol. The third-order valence-corrected chi connectivity index (χ3v) is 5.04. The average molecular weight is 279 g/mol. The summed E-state index contributed by atoms with van der Waals surface area (Å²) in [6.07, 6.45) is 17.0. The summed E-state index contributed by atoms with van der Waals surface area (Å²) in [5, 5.41) is 3.58. The Morgan fingerprint density at radius 1 is 1.00 bits per heavy atom. The van der Waals surface area contributed by atoms with E-state index in [2.05, 4.69) is 11.4 Å². The monoisotopic (exact) mass is 279 g/mol. The Morgan fingerprint density at radius 3 is 2.30 bits per heavy atom. The van der Waals surface area contributed by atoms with Gasteiger partial charge in [-0.05, 0) is 37.5 Å². The molecule has 2 aliphatic carbocycles. The fraction of sp³-hybridized carbons (Fsp3) is 0.889. The van der Waals surface area contributed by atoms with Crippen LogP contribution in [0.15, 0.2) is 11.6 Å². The third-order valence-electron chi connectivity index (χ3n) is 5.04. The van der Waals surface area contributed by atoms with Crippen LogP contribution in [0, 0.1) is 11.8 Å². The van der Waals surface area contributed by atoms with Crippen molar-refractivity contribution in [2.24, 2.45) is 11.8 Å². The van der Waals surface area contributed by atoms with E-state index in [4.69, 9.17) is 4.74 Å². The summed E-state index contributed by atoms with van der Waals surface area (Å²) in [6.45, 7) is 2.89. The van der Waals surface area contributed by atoms with Crippen LogP contribution in [-0.4, -0.2) is 26.8 Å². The second kappa shape index (κ2) is 9.57. The van der Waals surface area contributed by atoms with E-state index in [0.717, 1.165) is 31.5 Å². The number of rotatable bonds is 7. The van der Waals surface area contributed by atoms with Crippen LogP contribution in [0.5, 0.6) is 0 Å². The van der Waals surface area contributed by atoms with Crippen LogP contribution < -0.4 is 5.32 Å². The summed E-state index contributed by atoms with van der Waals surface area (Å²) in [5.41, 5.74) is 1.72. The summed E-state index contributed by atoms with van der Waals surface area (Å²) in [5.74, 6) is 1.73. The van der Waals surface area contributed by atoms with Gasteiger partial charge in [-0.15, -0.1) is 0 Å². The molecule has 0 radical (unpaired) electrons. The third kappa shape index (κ3) is 5.57. The molecule has 0 aromatic rings. The first-order valence-corrected chi connectivity index (χ1v) is 8.80. The van der Waals surface area contributed by atoms with Crippen LogP contribution in [0.2, 0.25) is 0 Å². The highest BCUT2D eigenvalue weighted by Gasteiger charge is 2.20. The van der Waals surface area contributed by atoms with Crippen molar-refractivity contribution in [3.8, 4) is 0 Å². The first-order valence-electron chi connectivity index (χ1n) is 8.80. The Kier molecular flexibility index (Phi) is 7.67. The SMILES string of the molecule is COCCNCC(=CC1CCCCC1)C1CCCCC1. The molecule has 0 unspecified atom stereocenters. The molecule has 0 atom stereocenters. The van der Waals surface area contributed by atoms with E-state index in [1.165, 1.54) is 64.2 Å². The molecule has 0 aromatic heterocycles. The van der Waals surface area contributed by atoms with Crippen molar-refractivity contribution in [1.82, 2.24) is 5.32 Å². The zero-order valence-corrected chi connectivity index (χ0v) is 13.3. The molecule has 2 heteroatoms. The zero-order chi connectivity index (χ0) is 14.0. The lowest BCUT2D eigenvalue weighted by Gasteiger charge is -2.27. The molecule has 116 valence electrons. The lowest BCUT2D eigenvalue weighted by molar-refractivity contribution is 0.200. The van der Waals surface area contributed by atoms with Gasteiger partial charge in [-0.1, -0.05) is 50.2 Å². The average Bonchev–Trinajstić information content (AvgIpc) is 2.52. The van der Waals surface area contributed by atoms with Gasteiger partial charge in [0.25, 0.3) is 0 Å². The summed E-state index contributed by atoms with van der Waals surface area (Å²) in [6, 6.07) is 0. The summed E-state index contributed by atoms with van der Waals surface area (Å²) in [4.78, 5) is 0. The van der Waals surface area contributed by atoms with Gasteiger partial charge in [0.1, 0.15) is 0 Å². The molecule has 20 heavy (non-hydrogen) atoms. The molecular formula is C18H33NO. The van der Waals surface area contributed by atoms with E-state index in [1.54, 1.807) is 12.7 Å². The quantitative estimate of drug-likeness (QED) is 0.554. The molecule has 2 rings (SSSR count). The van der Waals surface area contributed by atoms with E-state index in [9.17, 15) is 0 Å². The van der Waals surface area contributed by atoms with Gasteiger partial charge in [-0.25, -0.2) is 0 Å². The standard InChI is InChI=1S/C18H33NO/c1-20-13-12-19-15-18(17-10-6-3-7-11-17)14-16-8-4-2-5-9-16/h14,16-17,19H,2-13,15H2,1H3. The Bertz CT molecular complexity index is 275. The molecule has 2 nitrogen and oxygen atoms in total. The van der Waals surface area contributed by atoms with E-state index >= 15 is 0 Å². The fourth-order valence-electron chi connectivity index (χ4n) is 3.82. The minimum Gasteiger partial charge on any atom is -0.383 e. The maximum Gasteiger partial charge on any atom is 0.0587 e. The molecule has 0 aliphatic heterocycles. The van der Waals surface area contributed by atoms with Crippen LogP contribution in [0.3, 0.4) is 0 Å². The van der Waals surface area contributed by atoms with Crippen molar-refractivity contribution in [3.05, 3.63) is 11.6 Å². The highest BCUT2D eigenvalue weighted by atomic mass is 16.5. The van der Waals surface area contributed by atoms with Crippen molar-refractivity contribution in [1.29, 1.82) is 0 Å². The molecule has 2 saturated carbocycles. The number of ether oxygens (including phenoxy) is 1. The van der Waals surface area contributed by atoms with Gasteiger partial charge in [0.2, 0.25) is 0 Å². The van der Waals surface area contributed by atoms with Crippen molar-refractivity contribution in [2.45, 2.75) is 64.2 Å². The molecular weight excluding hydrogens is 246 g/mol. The first-order chi connectivity index (χ1) is 9.90. The second-order valence-corrected chi connectivity index (χ2v) is 6.64. The van der Waals surface area contributed by atoms with Crippen molar-refractivity contribution in [2.75, 3.05) is 26.8 Å². The van der Waals surface area contributed by atoms with Gasteiger partial charge < -0.3 is 10.1 Å². The maximum atomic E-state index is 5.14. The molecule has 2 aliphatic rings. The maximum absolute atomic E-state index is 5.14. The van der Waals surface area contributed by atoms with Crippen LogP contribution >= 0.6 is 0 Å². The predicted octanol–water partition coefficient (Wildman–Crippen LogP) is 4.31. The molecule has 0 aromatic carbocycles. The normalized spacial score (nSPS) is 23.1. The number of allylic oxidation sites excluding steroid dienone is 1. The Hall–Kier alpha value is -0.340. The zero-order valence-electron chi connectivity index (χ0n) is 13.3. The first kappa shape index (κ1) is 16.0. The highest BCUT2D eigenvalue weighted by Crippen LogP contribution is 2.32. The molecule has 0 amide bonds. The number of nitrogens with one attached hydrogen (secondary N) is 1. The van der Waals surface area contributed by atoms with Crippen molar-refractivity contribution < 1.29 is 4.74 Å². The lowest BCUT2D eigenvalue weighted by atomic mass is 9.80. The number of hydrogen-bond donors (Lipinski definition) is 1. The van der Waals surface area contributed by atoms with Crippen LogP contribution in [0.1, 0.15) is 64.2 Å². The Balaban J connectivity index is 1.88. The summed E-state index contributed by atoms with van der Waals surface area (Å²) < 4.78 is 5.14. The van der Waals surface area contributed by atoms with E-state index < -0.39 is 0 Å². The topological polar surface area (TPSA) is 21.3 Å².